The molecule has 1 rings (SSSR count). The van der Waals surface area contributed by atoms with E-state index in [-0.39, 0.29) is 0 Å². The van der Waals surface area contributed by atoms with Gasteiger partial charge in [0.1, 0.15) is 0 Å². The number of rotatable bonds is 4. The van der Waals surface area contributed by atoms with Gasteiger partial charge in [-0.3, -0.25) is 4.68 Å². The molecule has 1 heterocycles. The zero-order valence-corrected chi connectivity index (χ0v) is 9.26. The van der Waals surface area contributed by atoms with Crippen molar-refractivity contribution < 1.29 is 0 Å². The maximum Gasteiger partial charge on any atom is 0.0624 e. The lowest BCUT2D eigenvalue weighted by Gasteiger charge is -2.01. The number of halogens is 1. The molecule has 68 valence electrons. The van der Waals surface area contributed by atoms with Crippen LogP contribution < -0.4 is 0 Å². The van der Waals surface area contributed by atoms with Gasteiger partial charge >= 0.3 is 0 Å². The van der Waals surface area contributed by atoms with Gasteiger partial charge in [0.2, 0.25) is 0 Å². The summed E-state index contributed by atoms with van der Waals surface area (Å²) >= 11 is 3.42. The normalized spacial score (nSPS) is 10.6. The topological polar surface area (TPSA) is 17.8 Å². The molecule has 0 atom stereocenters. The Morgan fingerprint density at radius 2 is 2.17 bits per heavy atom. The molecular formula is C9H15BrN2. The van der Waals surface area contributed by atoms with Crippen molar-refractivity contribution in [2.24, 2.45) is 0 Å². The van der Waals surface area contributed by atoms with E-state index in [4.69, 9.17) is 0 Å². The van der Waals surface area contributed by atoms with Crippen LogP contribution in [0.1, 0.15) is 25.2 Å². The summed E-state index contributed by atoms with van der Waals surface area (Å²) in [5.41, 5.74) is 2.54. The molecule has 0 saturated heterocycles. The highest BCUT2D eigenvalue weighted by Gasteiger charge is 2.03. The standard InChI is InChI=1S/C9H15BrN2/c1-3-8-7-9(4-2)12(11-8)6-5-10/h7H,3-6H2,1-2H3. The molecule has 0 radical (unpaired) electrons. The van der Waals surface area contributed by atoms with Crippen LogP contribution in [0.5, 0.6) is 0 Å². The fourth-order valence-corrected chi connectivity index (χ4v) is 1.58. The van der Waals surface area contributed by atoms with Crippen LogP contribution in [-0.4, -0.2) is 15.1 Å². The van der Waals surface area contributed by atoms with Gasteiger partial charge in [-0.05, 0) is 18.9 Å². The maximum atomic E-state index is 4.48. The first kappa shape index (κ1) is 9.78. The molecule has 0 aliphatic heterocycles. The fourth-order valence-electron chi connectivity index (χ4n) is 1.25. The van der Waals surface area contributed by atoms with Crippen LogP contribution in [0.25, 0.3) is 0 Å². The number of aryl methyl sites for hydroxylation is 3. The minimum atomic E-state index is 0.975. The lowest BCUT2D eigenvalue weighted by molar-refractivity contribution is 0.625. The lowest BCUT2D eigenvalue weighted by Crippen LogP contribution is -2.05. The quantitative estimate of drug-likeness (QED) is 0.727. The van der Waals surface area contributed by atoms with Gasteiger partial charge in [0.25, 0.3) is 0 Å². The van der Waals surface area contributed by atoms with Crippen LogP contribution in [0.4, 0.5) is 0 Å². The smallest absolute Gasteiger partial charge is 0.0624 e. The van der Waals surface area contributed by atoms with Crippen molar-refractivity contribution >= 4 is 15.9 Å². The van der Waals surface area contributed by atoms with E-state index >= 15 is 0 Å². The van der Waals surface area contributed by atoms with Gasteiger partial charge in [0.05, 0.1) is 12.2 Å². The lowest BCUT2D eigenvalue weighted by atomic mass is 10.3. The van der Waals surface area contributed by atoms with E-state index in [1.165, 1.54) is 11.4 Å². The number of hydrogen-bond acceptors (Lipinski definition) is 1. The van der Waals surface area contributed by atoms with Gasteiger partial charge in [0.15, 0.2) is 0 Å². The Balaban J connectivity index is 2.84. The molecule has 0 aliphatic rings. The van der Waals surface area contributed by atoms with Crippen LogP contribution in [0.2, 0.25) is 0 Å². The van der Waals surface area contributed by atoms with Crippen LogP contribution in [-0.2, 0) is 19.4 Å². The molecule has 0 unspecified atom stereocenters. The van der Waals surface area contributed by atoms with E-state index in [1.807, 2.05) is 0 Å². The number of nitrogens with zero attached hydrogens (tertiary/aromatic N) is 2. The molecule has 2 nitrogen and oxygen atoms in total. The Morgan fingerprint density at radius 3 is 2.67 bits per heavy atom. The minimum absolute atomic E-state index is 0.975. The Bertz CT molecular complexity index is 243. The summed E-state index contributed by atoms with van der Waals surface area (Å²) in [4.78, 5) is 0. The average molecular weight is 231 g/mol. The third kappa shape index (κ3) is 2.09. The van der Waals surface area contributed by atoms with Gasteiger partial charge in [-0.25, -0.2) is 0 Å². The van der Waals surface area contributed by atoms with Gasteiger partial charge in [-0.2, -0.15) is 5.10 Å². The molecule has 0 N–H and O–H groups in total. The Morgan fingerprint density at radius 1 is 1.42 bits per heavy atom. The highest BCUT2D eigenvalue weighted by Crippen LogP contribution is 2.06. The Hall–Kier alpha value is -0.310. The summed E-state index contributed by atoms with van der Waals surface area (Å²) in [6.45, 7) is 5.28. The molecule has 0 saturated carbocycles. The molecule has 1 aromatic rings. The summed E-state index contributed by atoms with van der Waals surface area (Å²) in [6.07, 6.45) is 2.10. The molecule has 3 heteroatoms. The second-order valence-corrected chi connectivity index (χ2v) is 3.54. The van der Waals surface area contributed by atoms with Crippen LogP contribution >= 0.6 is 15.9 Å². The average Bonchev–Trinajstić information content (AvgIpc) is 2.48. The first-order chi connectivity index (χ1) is 5.81. The van der Waals surface area contributed by atoms with Gasteiger partial charge in [-0.15, -0.1) is 0 Å². The number of alkyl halides is 1. The van der Waals surface area contributed by atoms with Crippen LogP contribution in [0.15, 0.2) is 6.07 Å². The maximum absolute atomic E-state index is 4.48. The van der Waals surface area contributed by atoms with Crippen molar-refractivity contribution in [3.05, 3.63) is 17.5 Å². The van der Waals surface area contributed by atoms with Crippen molar-refractivity contribution in [2.75, 3.05) is 5.33 Å². The molecule has 12 heavy (non-hydrogen) atoms. The van der Waals surface area contributed by atoms with Gasteiger partial charge in [0, 0.05) is 11.0 Å². The number of aromatic nitrogens is 2. The highest BCUT2D eigenvalue weighted by molar-refractivity contribution is 9.09. The van der Waals surface area contributed by atoms with Crippen molar-refractivity contribution in [3.8, 4) is 0 Å². The minimum Gasteiger partial charge on any atom is -0.268 e. The van der Waals surface area contributed by atoms with E-state index < -0.39 is 0 Å². The highest BCUT2D eigenvalue weighted by atomic mass is 79.9. The van der Waals surface area contributed by atoms with Crippen molar-refractivity contribution in [2.45, 2.75) is 33.2 Å². The zero-order chi connectivity index (χ0) is 8.97. The third-order valence-electron chi connectivity index (χ3n) is 1.93. The monoisotopic (exact) mass is 230 g/mol. The SMILES string of the molecule is CCc1cc(CC)n(CCBr)n1. The first-order valence-corrected chi connectivity index (χ1v) is 5.55. The second-order valence-electron chi connectivity index (χ2n) is 2.75. The van der Waals surface area contributed by atoms with Crippen molar-refractivity contribution in [1.29, 1.82) is 0 Å². The van der Waals surface area contributed by atoms with Gasteiger partial charge < -0.3 is 0 Å². The van der Waals surface area contributed by atoms with Crippen LogP contribution in [0.3, 0.4) is 0 Å². The molecule has 0 aliphatic carbocycles. The largest absolute Gasteiger partial charge is 0.268 e. The van der Waals surface area contributed by atoms with E-state index in [0.717, 1.165) is 24.7 Å². The molecule has 0 amide bonds. The van der Waals surface area contributed by atoms with E-state index in [9.17, 15) is 0 Å². The van der Waals surface area contributed by atoms with E-state index in [2.05, 4.69) is 45.6 Å². The fraction of sp³-hybridized carbons (Fsp3) is 0.667. The molecule has 0 fully saturated rings. The predicted molar refractivity (Wildman–Crippen MR) is 54.8 cm³/mol. The molecular weight excluding hydrogens is 216 g/mol. The summed E-state index contributed by atoms with van der Waals surface area (Å²) in [6, 6.07) is 2.20. The Kier molecular flexibility index (Phi) is 3.79. The summed E-state index contributed by atoms with van der Waals surface area (Å²) in [5, 5.41) is 5.45. The molecule has 1 aromatic heterocycles. The zero-order valence-electron chi connectivity index (χ0n) is 7.68. The van der Waals surface area contributed by atoms with Crippen LogP contribution in [0, 0.1) is 0 Å². The molecule has 0 spiro atoms. The predicted octanol–water partition coefficient (Wildman–Crippen LogP) is 2.40. The summed E-state index contributed by atoms with van der Waals surface area (Å²) in [5.74, 6) is 0. The third-order valence-corrected chi connectivity index (χ3v) is 2.29. The summed E-state index contributed by atoms with van der Waals surface area (Å²) < 4.78 is 2.09. The van der Waals surface area contributed by atoms with Crippen molar-refractivity contribution in [1.82, 2.24) is 9.78 Å². The van der Waals surface area contributed by atoms with E-state index in [0.29, 0.717) is 0 Å². The second kappa shape index (κ2) is 4.65. The molecule has 0 aromatic carbocycles. The van der Waals surface area contributed by atoms with Gasteiger partial charge in [-0.1, -0.05) is 29.8 Å². The summed E-state index contributed by atoms with van der Waals surface area (Å²) in [7, 11) is 0. The first-order valence-electron chi connectivity index (χ1n) is 4.43. The molecule has 0 bridgehead atoms. The van der Waals surface area contributed by atoms with E-state index in [1.54, 1.807) is 0 Å². The Labute approximate surface area is 82.1 Å². The number of hydrogen-bond donors (Lipinski definition) is 0. The van der Waals surface area contributed by atoms with Crippen molar-refractivity contribution in [3.63, 3.8) is 0 Å².